The number of carbonyl (C=O) groups is 1. The first-order valence-corrected chi connectivity index (χ1v) is 12.4. The quantitative estimate of drug-likeness (QED) is 0.286. The van der Waals surface area contributed by atoms with E-state index in [1.165, 1.54) is 25.0 Å². The fraction of sp³-hybridized carbons (Fsp3) is 0.536. The second kappa shape index (κ2) is 10.4. The van der Waals surface area contributed by atoms with Gasteiger partial charge in [0.25, 0.3) is 0 Å². The number of rotatable bonds is 7. The Balaban J connectivity index is 1.05. The maximum atomic E-state index is 13.1. The van der Waals surface area contributed by atoms with Gasteiger partial charge in [-0.25, -0.2) is 4.39 Å². The summed E-state index contributed by atoms with van der Waals surface area (Å²) >= 11 is 0. The third-order valence-electron chi connectivity index (χ3n) is 7.66. The van der Waals surface area contributed by atoms with Crippen molar-refractivity contribution in [2.75, 3.05) is 13.2 Å². The lowest BCUT2D eigenvalue weighted by atomic mass is 9.70. The molecule has 5 heteroatoms. The van der Waals surface area contributed by atoms with Crippen LogP contribution in [0.4, 0.5) is 4.39 Å². The third-order valence-corrected chi connectivity index (χ3v) is 7.66. The first-order valence-electron chi connectivity index (χ1n) is 12.4. The van der Waals surface area contributed by atoms with Crippen LogP contribution in [-0.4, -0.2) is 31.4 Å². The molecule has 176 valence electrons. The molecule has 0 spiro atoms. The van der Waals surface area contributed by atoms with Crippen LogP contribution in [-0.2, 0) is 14.3 Å². The average Bonchev–Trinajstić information content (AvgIpc) is 3.69. The van der Waals surface area contributed by atoms with Gasteiger partial charge >= 0.3 is 5.97 Å². The minimum Gasteiger partial charge on any atom is -0.426 e. The van der Waals surface area contributed by atoms with E-state index >= 15 is 0 Å². The second-order valence-electron chi connectivity index (χ2n) is 9.89. The van der Waals surface area contributed by atoms with Crippen LogP contribution in [0, 0.1) is 23.6 Å². The first-order chi connectivity index (χ1) is 16.1. The largest absolute Gasteiger partial charge is 0.426 e. The molecule has 0 aromatic heterocycles. The smallest absolute Gasteiger partial charge is 0.314 e. The summed E-state index contributed by atoms with van der Waals surface area (Å²) in [4.78, 5) is 12.7. The van der Waals surface area contributed by atoms with E-state index in [1.807, 2.05) is 24.3 Å². The molecule has 3 aliphatic rings. The molecule has 1 heterocycles. The van der Waals surface area contributed by atoms with Gasteiger partial charge < -0.3 is 14.2 Å². The zero-order valence-electron chi connectivity index (χ0n) is 19.1. The lowest BCUT2D eigenvalue weighted by Crippen LogP contribution is -2.31. The van der Waals surface area contributed by atoms with Crippen LogP contribution in [0.15, 0.2) is 48.5 Å². The summed E-state index contributed by atoms with van der Waals surface area (Å²) in [5.41, 5.74) is 1.90. The Labute approximate surface area is 195 Å². The van der Waals surface area contributed by atoms with Crippen molar-refractivity contribution in [1.29, 1.82) is 0 Å². The normalized spacial score (nSPS) is 29.4. The number of benzene rings is 2. The SMILES string of the molecule is O=C(Oc1ccc(-c2ccc(F)cc2)cc1)C1CCC(C2CCC(OCC3CO3)CC2)CC1. The molecule has 0 N–H and O–H groups in total. The summed E-state index contributed by atoms with van der Waals surface area (Å²) < 4.78 is 30.0. The summed E-state index contributed by atoms with van der Waals surface area (Å²) in [6.45, 7) is 1.62. The van der Waals surface area contributed by atoms with Crippen molar-refractivity contribution in [3.8, 4) is 16.9 Å². The number of esters is 1. The molecule has 1 aliphatic heterocycles. The maximum Gasteiger partial charge on any atom is 0.314 e. The highest BCUT2D eigenvalue weighted by Crippen LogP contribution is 2.41. The summed E-state index contributed by atoms with van der Waals surface area (Å²) in [6.07, 6.45) is 9.66. The number of hydrogen-bond donors (Lipinski definition) is 0. The minimum atomic E-state index is -0.250. The summed E-state index contributed by atoms with van der Waals surface area (Å²) in [5, 5.41) is 0. The molecule has 2 aliphatic carbocycles. The van der Waals surface area contributed by atoms with Crippen LogP contribution in [0.25, 0.3) is 11.1 Å². The van der Waals surface area contributed by atoms with Crippen molar-refractivity contribution < 1.29 is 23.4 Å². The fourth-order valence-electron chi connectivity index (χ4n) is 5.52. The van der Waals surface area contributed by atoms with Gasteiger partial charge in [0.2, 0.25) is 0 Å². The molecule has 2 aromatic carbocycles. The monoisotopic (exact) mass is 452 g/mol. The van der Waals surface area contributed by atoms with E-state index in [-0.39, 0.29) is 17.7 Å². The zero-order valence-corrected chi connectivity index (χ0v) is 19.1. The molecule has 1 saturated heterocycles. The number of ether oxygens (including phenoxy) is 3. The van der Waals surface area contributed by atoms with Crippen molar-refractivity contribution in [3.63, 3.8) is 0 Å². The highest BCUT2D eigenvalue weighted by atomic mass is 19.1. The molecule has 5 rings (SSSR count). The number of epoxide rings is 1. The molecule has 33 heavy (non-hydrogen) atoms. The van der Waals surface area contributed by atoms with Crippen LogP contribution in [0.5, 0.6) is 5.75 Å². The van der Waals surface area contributed by atoms with Crippen LogP contribution in [0.1, 0.15) is 51.4 Å². The number of carbonyl (C=O) groups excluding carboxylic acids is 1. The molecule has 0 radical (unpaired) electrons. The Kier molecular flexibility index (Phi) is 7.07. The summed E-state index contributed by atoms with van der Waals surface area (Å²) in [6, 6.07) is 13.8. The molecule has 4 nitrogen and oxygen atoms in total. The predicted octanol–water partition coefficient (Wildman–Crippen LogP) is 6.18. The predicted molar refractivity (Wildman–Crippen MR) is 124 cm³/mol. The van der Waals surface area contributed by atoms with Gasteiger partial charge in [-0.15, -0.1) is 0 Å². The molecule has 0 amide bonds. The topological polar surface area (TPSA) is 48.1 Å². The zero-order chi connectivity index (χ0) is 22.6. The van der Waals surface area contributed by atoms with Gasteiger partial charge in [-0.3, -0.25) is 4.79 Å². The van der Waals surface area contributed by atoms with Crippen molar-refractivity contribution in [2.45, 2.75) is 63.6 Å². The Morgan fingerprint density at radius 3 is 1.94 bits per heavy atom. The highest BCUT2D eigenvalue weighted by Gasteiger charge is 2.34. The third kappa shape index (κ3) is 6.01. The molecular formula is C28H33FO4. The average molecular weight is 453 g/mol. The van der Waals surface area contributed by atoms with E-state index in [9.17, 15) is 9.18 Å². The maximum absolute atomic E-state index is 13.1. The minimum absolute atomic E-state index is 0.00348. The molecule has 3 fully saturated rings. The van der Waals surface area contributed by atoms with Crippen LogP contribution in [0.3, 0.4) is 0 Å². The van der Waals surface area contributed by atoms with Crippen molar-refractivity contribution in [3.05, 3.63) is 54.3 Å². The van der Waals surface area contributed by atoms with Crippen LogP contribution < -0.4 is 4.74 Å². The Morgan fingerprint density at radius 1 is 0.818 bits per heavy atom. The molecular weight excluding hydrogens is 419 g/mol. The first kappa shape index (κ1) is 22.5. The van der Waals surface area contributed by atoms with Gasteiger partial charge in [-0.2, -0.15) is 0 Å². The highest BCUT2D eigenvalue weighted by molar-refractivity contribution is 5.75. The van der Waals surface area contributed by atoms with E-state index in [0.717, 1.165) is 74.7 Å². The molecule has 2 aromatic rings. The van der Waals surface area contributed by atoms with Crippen molar-refractivity contribution >= 4 is 5.97 Å². The van der Waals surface area contributed by atoms with Gasteiger partial charge in [-0.1, -0.05) is 24.3 Å². The van der Waals surface area contributed by atoms with Crippen LogP contribution in [0.2, 0.25) is 0 Å². The molecule has 2 saturated carbocycles. The Hall–Kier alpha value is -2.24. The Bertz CT molecular complexity index is 906. The van der Waals surface area contributed by atoms with Gasteiger partial charge in [0, 0.05) is 0 Å². The van der Waals surface area contributed by atoms with Crippen LogP contribution >= 0.6 is 0 Å². The van der Waals surface area contributed by atoms with Crippen molar-refractivity contribution in [2.24, 2.45) is 17.8 Å². The molecule has 0 bridgehead atoms. The number of halogens is 1. The van der Waals surface area contributed by atoms with E-state index in [4.69, 9.17) is 14.2 Å². The summed E-state index contributed by atoms with van der Waals surface area (Å²) in [5.74, 6) is 1.72. The van der Waals surface area contributed by atoms with E-state index < -0.39 is 0 Å². The second-order valence-corrected chi connectivity index (χ2v) is 9.89. The van der Waals surface area contributed by atoms with Crippen molar-refractivity contribution in [1.82, 2.24) is 0 Å². The Morgan fingerprint density at radius 2 is 1.36 bits per heavy atom. The van der Waals surface area contributed by atoms with E-state index in [0.29, 0.717) is 18.0 Å². The summed E-state index contributed by atoms with van der Waals surface area (Å²) in [7, 11) is 0. The lowest BCUT2D eigenvalue weighted by molar-refractivity contribution is -0.140. The number of hydrogen-bond acceptors (Lipinski definition) is 4. The fourth-order valence-corrected chi connectivity index (χ4v) is 5.52. The van der Waals surface area contributed by atoms with Gasteiger partial charge in [0.15, 0.2) is 0 Å². The van der Waals surface area contributed by atoms with E-state index in [2.05, 4.69) is 0 Å². The van der Waals surface area contributed by atoms with Gasteiger partial charge in [-0.05, 0) is 98.6 Å². The molecule has 1 unspecified atom stereocenters. The lowest BCUT2D eigenvalue weighted by Gasteiger charge is -2.37. The standard InChI is InChI=1S/C28H33FO4/c29-24-11-5-20(6-12-24)22-9-15-26(16-10-22)33-28(30)23-3-1-19(2-4-23)21-7-13-25(14-8-21)31-17-27-18-32-27/h5-6,9-12,15-16,19,21,23,25,27H,1-4,7-8,13-14,17-18H2. The van der Waals surface area contributed by atoms with Gasteiger partial charge in [0.05, 0.1) is 25.2 Å². The molecule has 1 atom stereocenters. The van der Waals surface area contributed by atoms with E-state index in [1.54, 1.807) is 12.1 Å². The van der Waals surface area contributed by atoms with Gasteiger partial charge in [0.1, 0.15) is 17.7 Å².